The van der Waals surface area contributed by atoms with E-state index in [1.54, 1.807) is 0 Å². The molecular weight excluding hydrogens is 228 g/mol. The third-order valence-electron chi connectivity index (χ3n) is 3.99. The van der Waals surface area contributed by atoms with E-state index in [-0.39, 0.29) is 5.54 Å². The van der Waals surface area contributed by atoms with E-state index in [0.717, 1.165) is 12.5 Å². The van der Waals surface area contributed by atoms with Crippen LogP contribution in [0, 0.1) is 5.92 Å². The number of thiazole rings is 1. The van der Waals surface area contributed by atoms with Crippen molar-refractivity contribution in [3.05, 3.63) is 16.6 Å². The molecule has 2 unspecified atom stereocenters. The van der Waals surface area contributed by atoms with E-state index in [1.165, 1.54) is 43.5 Å². The molecule has 2 nitrogen and oxygen atoms in total. The van der Waals surface area contributed by atoms with Crippen LogP contribution in [0.3, 0.4) is 0 Å². The molecule has 0 amide bonds. The van der Waals surface area contributed by atoms with Crippen molar-refractivity contribution in [1.82, 2.24) is 10.3 Å². The number of nitrogens with one attached hydrogen (secondary N) is 1. The molecule has 1 aromatic heterocycles. The lowest BCUT2D eigenvalue weighted by Gasteiger charge is -2.40. The van der Waals surface area contributed by atoms with Crippen LogP contribution in [0.25, 0.3) is 0 Å². The molecule has 17 heavy (non-hydrogen) atoms. The first-order valence-electron chi connectivity index (χ1n) is 6.95. The molecule has 1 aromatic rings. The van der Waals surface area contributed by atoms with Crippen LogP contribution in [0.5, 0.6) is 0 Å². The summed E-state index contributed by atoms with van der Waals surface area (Å²) in [6, 6.07) is 0. The van der Waals surface area contributed by atoms with Gasteiger partial charge in [-0.3, -0.25) is 0 Å². The maximum Gasteiger partial charge on any atom is 0.113 e. The summed E-state index contributed by atoms with van der Waals surface area (Å²) in [6.45, 7) is 5.67. The summed E-state index contributed by atoms with van der Waals surface area (Å²) in [6.07, 6.45) is 9.73. The molecule has 0 bridgehead atoms. The monoisotopic (exact) mass is 252 g/mol. The fraction of sp³-hybridized carbons (Fsp3) is 0.786. The van der Waals surface area contributed by atoms with Gasteiger partial charge in [0.05, 0.1) is 5.54 Å². The number of hydrogen-bond donors (Lipinski definition) is 1. The van der Waals surface area contributed by atoms with Crippen molar-refractivity contribution in [1.29, 1.82) is 0 Å². The first kappa shape index (κ1) is 13.0. The third-order valence-corrected chi connectivity index (χ3v) is 4.96. The highest BCUT2D eigenvalue weighted by Crippen LogP contribution is 2.41. The van der Waals surface area contributed by atoms with Crippen LogP contribution in [0.2, 0.25) is 0 Å². The van der Waals surface area contributed by atoms with Gasteiger partial charge in [-0.15, -0.1) is 11.3 Å². The highest BCUT2D eigenvalue weighted by Gasteiger charge is 2.38. The molecule has 0 aromatic carbocycles. The molecule has 1 saturated carbocycles. The maximum absolute atomic E-state index is 4.59. The molecule has 0 spiro atoms. The minimum Gasteiger partial charge on any atom is -0.305 e. The van der Waals surface area contributed by atoms with Gasteiger partial charge in [0, 0.05) is 11.6 Å². The smallest absolute Gasteiger partial charge is 0.113 e. The van der Waals surface area contributed by atoms with E-state index >= 15 is 0 Å². The van der Waals surface area contributed by atoms with Crippen LogP contribution < -0.4 is 5.32 Å². The molecular formula is C14H24N2S. The fourth-order valence-corrected chi connectivity index (χ4v) is 3.85. The molecule has 1 N–H and O–H groups in total. The third kappa shape index (κ3) is 2.89. The van der Waals surface area contributed by atoms with Crippen molar-refractivity contribution in [3.8, 4) is 0 Å². The molecule has 3 heteroatoms. The minimum absolute atomic E-state index is 0.184. The largest absolute Gasteiger partial charge is 0.305 e. The van der Waals surface area contributed by atoms with Gasteiger partial charge in [0.1, 0.15) is 5.01 Å². The van der Waals surface area contributed by atoms with E-state index in [4.69, 9.17) is 0 Å². The molecule has 1 aliphatic rings. The molecule has 1 heterocycles. The van der Waals surface area contributed by atoms with Crippen LogP contribution in [-0.2, 0) is 5.54 Å². The Morgan fingerprint density at radius 2 is 2.41 bits per heavy atom. The second-order valence-electron chi connectivity index (χ2n) is 5.22. The second-order valence-corrected chi connectivity index (χ2v) is 6.11. The van der Waals surface area contributed by atoms with Gasteiger partial charge in [0.15, 0.2) is 0 Å². The standard InChI is InChI=1S/C14H24N2S/c1-3-8-16-14(13-15-9-10-17-13)7-5-6-12(4-2)11-14/h9-10,12,16H,3-8,11H2,1-2H3. The molecule has 1 aliphatic carbocycles. The first-order valence-corrected chi connectivity index (χ1v) is 7.83. The number of rotatable bonds is 5. The fourth-order valence-electron chi connectivity index (χ4n) is 2.99. The Kier molecular flexibility index (Phi) is 4.57. The van der Waals surface area contributed by atoms with Gasteiger partial charge in [-0.05, 0) is 31.7 Å². The lowest BCUT2D eigenvalue weighted by Crippen LogP contribution is -2.46. The minimum atomic E-state index is 0.184. The van der Waals surface area contributed by atoms with E-state index in [0.29, 0.717) is 0 Å². The van der Waals surface area contributed by atoms with Crippen LogP contribution in [0.15, 0.2) is 11.6 Å². The van der Waals surface area contributed by atoms with Gasteiger partial charge < -0.3 is 5.32 Å². The van der Waals surface area contributed by atoms with E-state index in [2.05, 4.69) is 29.5 Å². The zero-order valence-electron chi connectivity index (χ0n) is 11.0. The van der Waals surface area contributed by atoms with E-state index < -0.39 is 0 Å². The molecule has 2 rings (SSSR count). The van der Waals surface area contributed by atoms with Crippen LogP contribution in [-0.4, -0.2) is 11.5 Å². The topological polar surface area (TPSA) is 24.9 Å². The van der Waals surface area contributed by atoms with Gasteiger partial charge in [0.2, 0.25) is 0 Å². The van der Waals surface area contributed by atoms with Crippen molar-refractivity contribution in [2.24, 2.45) is 5.92 Å². The van der Waals surface area contributed by atoms with E-state index in [1.807, 2.05) is 17.5 Å². The Bertz CT molecular complexity index is 323. The van der Waals surface area contributed by atoms with Crippen LogP contribution in [0.1, 0.15) is 57.4 Å². The summed E-state index contributed by atoms with van der Waals surface area (Å²) >= 11 is 1.82. The highest BCUT2D eigenvalue weighted by atomic mass is 32.1. The normalized spacial score (nSPS) is 29.4. The highest BCUT2D eigenvalue weighted by molar-refractivity contribution is 7.09. The van der Waals surface area contributed by atoms with Gasteiger partial charge in [-0.1, -0.05) is 33.1 Å². The van der Waals surface area contributed by atoms with Crippen molar-refractivity contribution in [3.63, 3.8) is 0 Å². The number of aromatic nitrogens is 1. The Morgan fingerprint density at radius 1 is 1.53 bits per heavy atom. The zero-order valence-corrected chi connectivity index (χ0v) is 11.9. The molecule has 0 radical (unpaired) electrons. The van der Waals surface area contributed by atoms with Crippen molar-refractivity contribution in [2.45, 2.75) is 57.9 Å². The Morgan fingerprint density at radius 3 is 3.06 bits per heavy atom. The number of hydrogen-bond acceptors (Lipinski definition) is 3. The Balaban J connectivity index is 2.17. The Hall–Kier alpha value is -0.410. The lowest BCUT2D eigenvalue weighted by molar-refractivity contribution is 0.174. The van der Waals surface area contributed by atoms with Crippen molar-refractivity contribution >= 4 is 11.3 Å². The van der Waals surface area contributed by atoms with Gasteiger partial charge >= 0.3 is 0 Å². The van der Waals surface area contributed by atoms with Gasteiger partial charge in [-0.2, -0.15) is 0 Å². The SMILES string of the molecule is CCCNC1(c2nccs2)CCCC(CC)C1. The zero-order chi connectivity index (χ0) is 12.1. The average Bonchev–Trinajstić information content (AvgIpc) is 2.91. The van der Waals surface area contributed by atoms with Gasteiger partial charge in [0.25, 0.3) is 0 Å². The molecule has 1 fully saturated rings. The van der Waals surface area contributed by atoms with E-state index in [9.17, 15) is 0 Å². The predicted molar refractivity (Wildman–Crippen MR) is 74.3 cm³/mol. The predicted octanol–water partition coefficient (Wildman–Crippen LogP) is 3.94. The number of nitrogens with zero attached hydrogens (tertiary/aromatic N) is 1. The molecule has 0 saturated heterocycles. The second kappa shape index (κ2) is 5.96. The summed E-state index contributed by atoms with van der Waals surface area (Å²) in [4.78, 5) is 4.59. The summed E-state index contributed by atoms with van der Waals surface area (Å²) in [5.41, 5.74) is 0.184. The van der Waals surface area contributed by atoms with Crippen molar-refractivity contribution in [2.75, 3.05) is 6.54 Å². The molecule has 0 aliphatic heterocycles. The molecule has 96 valence electrons. The summed E-state index contributed by atoms with van der Waals surface area (Å²) < 4.78 is 0. The average molecular weight is 252 g/mol. The summed E-state index contributed by atoms with van der Waals surface area (Å²) in [7, 11) is 0. The quantitative estimate of drug-likeness (QED) is 0.858. The Labute approximate surface area is 109 Å². The van der Waals surface area contributed by atoms with Crippen LogP contribution in [0.4, 0.5) is 0 Å². The summed E-state index contributed by atoms with van der Waals surface area (Å²) in [5, 5.41) is 7.22. The summed E-state index contributed by atoms with van der Waals surface area (Å²) in [5.74, 6) is 0.872. The van der Waals surface area contributed by atoms with Crippen LogP contribution >= 0.6 is 11.3 Å². The first-order chi connectivity index (χ1) is 8.30. The van der Waals surface area contributed by atoms with Crippen molar-refractivity contribution < 1.29 is 0 Å². The maximum atomic E-state index is 4.59. The van der Waals surface area contributed by atoms with Gasteiger partial charge in [-0.25, -0.2) is 4.98 Å². The molecule has 2 atom stereocenters. The lowest BCUT2D eigenvalue weighted by atomic mass is 9.75.